The van der Waals surface area contributed by atoms with Gasteiger partial charge in [0.25, 0.3) is 0 Å². The second-order valence-electron chi connectivity index (χ2n) is 6.91. The Labute approximate surface area is 124 Å². The minimum Gasteiger partial charge on any atom is -0.307 e. The van der Waals surface area contributed by atoms with Crippen LogP contribution in [-0.2, 0) is 0 Å². The van der Waals surface area contributed by atoms with Crippen molar-refractivity contribution in [2.45, 2.75) is 70.4 Å². The molecule has 2 bridgehead atoms. The Bertz CT molecular complexity index is 399. The smallest absolute Gasteiger partial charge is 0.0322 e. The number of unbranched alkanes of at least 4 members (excludes halogenated alkanes) is 2. The summed E-state index contributed by atoms with van der Waals surface area (Å²) in [5, 5.41) is 4.02. The van der Waals surface area contributed by atoms with Crippen molar-refractivity contribution in [3.05, 3.63) is 35.9 Å². The van der Waals surface area contributed by atoms with Gasteiger partial charge in [0, 0.05) is 12.1 Å². The number of benzene rings is 1. The number of rotatable bonds is 7. The molecule has 20 heavy (non-hydrogen) atoms. The van der Waals surface area contributed by atoms with E-state index in [-0.39, 0.29) is 0 Å². The molecule has 2 aliphatic carbocycles. The van der Waals surface area contributed by atoms with E-state index >= 15 is 0 Å². The Morgan fingerprint density at radius 2 is 1.95 bits per heavy atom. The molecular formula is C19H29N. The van der Waals surface area contributed by atoms with Gasteiger partial charge in [0.05, 0.1) is 0 Å². The Balaban J connectivity index is 1.62. The third-order valence-electron chi connectivity index (χ3n) is 5.45. The molecule has 1 aromatic carbocycles. The van der Waals surface area contributed by atoms with E-state index in [4.69, 9.17) is 0 Å². The Morgan fingerprint density at radius 3 is 2.60 bits per heavy atom. The van der Waals surface area contributed by atoms with Crippen molar-refractivity contribution >= 4 is 0 Å². The normalized spacial score (nSPS) is 29.8. The molecule has 0 aliphatic heterocycles. The first kappa shape index (κ1) is 14.1. The van der Waals surface area contributed by atoms with Crippen molar-refractivity contribution in [1.82, 2.24) is 5.32 Å². The Kier molecular flexibility index (Phi) is 4.77. The van der Waals surface area contributed by atoms with Crippen LogP contribution >= 0.6 is 0 Å². The highest BCUT2D eigenvalue weighted by atomic mass is 15.0. The Morgan fingerprint density at radius 1 is 1.10 bits per heavy atom. The lowest BCUT2D eigenvalue weighted by Gasteiger charge is -2.29. The fraction of sp³-hybridized carbons (Fsp3) is 0.684. The summed E-state index contributed by atoms with van der Waals surface area (Å²) in [6.45, 7) is 2.29. The maximum Gasteiger partial charge on any atom is 0.0322 e. The fourth-order valence-electron chi connectivity index (χ4n) is 4.34. The van der Waals surface area contributed by atoms with E-state index < -0.39 is 0 Å². The van der Waals surface area contributed by atoms with Gasteiger partial charge in [0.1, 0.15) is 0 Å². The maximum absolute atomic E-state index is 4.02. The van der Waals surface area contributed by atoms with E-state index in [1.165, 1.54) is 56.9 Å². The third kappa shape index (κ3) is 3.25. The zero-order valence-electron chi connectivity index (χ0n) is 12.9. The summed E-state index contributed by atoms with van der Waals surface area (Å²) < 4.78 is 0. The van der Waals surface area contributed by atoms with E-state index in [2.05, 4.69) is 42.6 Å². The number of hydrogen-bond acceptors (Lipinski definition) is 1. The Hall–Kier alpha value is -0.820. The SMILES string of the molecule is CCCCCC(NC1CC2CCC1C2)c1ccccc1. The quantitative estimate of drug-likeness (QED) is 0.681. The second-order valence-corrected chi connectivity index (χ2v) is 6.91. The molecular weight excluding hydrogens is 242 g/mol. The summed E-state index contributed by atoms with van der Waals surface area (Å²) in [6.07, 6.45) is 11.2. The van der Waals surface area contributed by atoms with Gasteiger partial charge in [-0.3, -0.25) is 0 Å². The molecule has 4 atom stereocenters. The van der Waals surface area contributed by atoms with Crippen LogP contribution in [0.5, 0.6) is 0 Å². The average Bonchev–Trinajstić information content (AvgIpc) is 3.10. The molecule has 1 N–H and O–H groups in total. The molecule has 2 fully saturated rings. The molecule has 0 amide bonds. The zero-order chi connectivity index (χ0) is 13.8. The van der Waals surface area contributed by atoms with Crippen LogP contribution < -0.4 is 5.32 Å². The van der Waals surface area contributed by atoms with E-state index in [9.17, 15) is 0 Å². The molecule has 1 heteroatoms. The molecule has 0 heterocycles. The standard InChI is InChI=1S/C19H29N/c1-2-3-5-10-18(16-8-6-4-7-9-16)20-19-14-15-11-12-17(19)13-15/h4,6-9,15,17-20H,2-3,5,10-14H2,1H3. The predicted octanol–water partition coefficient (Wildman–Crippen LogP) is 5.09. The topological polar surface area (TPSA) is 12.0 Å². The first-order valence-corrected chi connectivity index (χ1v) is 8.67. The lowest BCUT2D eigenvalue weighted by atomic mass is 9.92. The van der Waals surface area contributed by atoms with E-state index in [1.54, 1.807) is 0 Å². The highest BCUT2D eigenvalue weighted by Gasteiger charge is 2.40. The lowest BCUT2D eigenvalue weighted by Crippen LogP contribution is -2.36. The summed E-state index contributed by atoms with van der Waals surface area (Å²) in [4.78, 5) is 0. The molecule has 1 nitrogen and oxygen atoms in total. The average molecular weight is 271 g/mol. The van der Waals surface area contributed by atoms with Crippen LogP contribution in [0.3, 0.4) is 0 Å². The van der Waals surface area contributed by atoms with Crippen LogP contribution in [0.25, 0.3) is 0 Å². The van der Waals surface area contributed by atoms with Crippen LogP contribution in [0.1, 0.15) is 69.9 Å². The molecule has 2 saturated carbocycles. The number of fused-ring (bicyclic) bond motifs is 2. The highest BCUT2D eigenvalue weighted by Crippen LogP contribution is 2.45. The number of nitrogens with one attached hydrogen (secondary N) is 1. The van der Waals surface area contributed by atoms with Crippen molar-refractivity contribution in [1.29, 1.82) is 0 Å². The van der Waals surface area contributed by atoms with Gasteiger partial charge < -0.3 is 5.32 Å². The van der Waals surface area contributed by atoms with E-state index in [0.717, 1.165) is 17.9 Å². The van der Waals surface area contributed by atoms with Crippen LogP contribution in [0.15, 0.2) is 30.3 Å². The van der Waals surface area contributed by atoms with Crippen molar-refractivity contribution < 1.29 is 0 Å². The lowest BCUT2D eigenvalue weighted by molar-refractivity contribution is 0.308. The summed E-state index contributed by atoms with van der Waals surface area (Å²) >= 11 is 0. The van der Waals surface area contributed by atoms with Gasteiger partial charge in [-0.25, -0.2) is 0 Å². The molecule has 110 valence electrons. The van der Waals surface area contributed by atoms with Crippen LogP contribution in [-0.4, -0.2) is 6.04 Å². The summed E-state index contributed by atoms with van der Waals surface area (Å²) in [6, 6.07) is 12.5. The van der Waals surface area contributed by atoms with E-state index in [1.807, 2.05) is 0 Å². The molecule has 3 rings (SSSR count). The maximum atomic E-state index is 4.02. The van der Waals surface area contributed by atoms with Gasteiger partial charge in [-0.15, -0.1) is 0 Å². The van der Waals surface area contributed by atoms with Gasteiger partial charge in [0.2, 0.25) is 0 Å². The van der Waals surface area contributed by atoms with Gasteiger partial charge >= 0.3 is 0 Å². The van der Waals surface area contributed by atoms with Gasteiger partial charge in [-0.2, -0.15) is 0 Å². The zero-order valence-corrected chi connectivity index (χ0v) is 12.9. The molecule has 0 saturated heterocycles. The number of hydrogen-bond donors (Lipinski definition) is 1. The monoisotopic (exact) mass is 271 g/mol. The van der Waals surface area contributed by atoms with Gasteiger partial charge in [0.15, 0.2) is 0 Å². The van der Waals surface area contributed by atoms with Crippen LogP contribution in [0, 0.1) is 11.8 Å². The summed E-state index contributed by atoms with van der Waals surface area (Å²) in [5.74, 6) is 2.00. The van der Waals surface area contributed by atoms with E-state index in [0.29, 0.717) is 6.04 Å². The van der Waals surface area contributed by atoms with Crippen molar-refractivity contribution in [3.63, 3.8) is 0 Å². The molecule has 0 spiro atoms. The van der Waals surface area contributed by atoms with Crippen molar-refractivity contribution in [2.75, 3.05) is 0 Å². The van der Waals surface area contributed by atoms with Gasteiger partial charge in [-0.1, -0.05) is 62.9 Å². The predicted molar refractivity (Wildman–Crippen MR) is 85.7 cm³/mol. The summed E-state index contributed by atoms with van der Waals surface area (Å²) in [5.41, 5.74) is 1.49. The van der Waals surface area contributed by atoms with Crippen molar-refractivity contribution in [3.8, 4) is 0 Å². The van der Waals surface area contributed by atoms with Crippen LogP contribution in [0.2, 0.25) is 0 Å². The fourth-order valence-corrected chi connectivity index (χ4v) is 4.34. The molecule has 2 aliphatic rings. The molecule has 0 aromatic heterocycles. The first-order chi connectivity index (χ1) is 9.86. The molecule has 0 radical (unpaired) electrons. The minimum atomic E-state index is 0.576. The molecule has 4 unspecified atom stereocenters. The largest absolute Gasteiger partial charge is 0.307 e. The van der Waals surface area contributed by atoms with Crippen LogP contribution in [0.4, 0.5) is 0 Å². The minimum absolute atomic E-state index is 0.576. The first-order valence-electron chi connectivity index (χ1n) is 8.67. The highest BCUT2D eigenvalue weighted by molar-refractivity contribution is 5.19. The van der Waals surface area contributed by atoms with Crippen molar-refractivity contribution in [2.24, 2.45) is 11.8 Å². The van der Waals surface area contributed by atoms with Gasteiger partial charge in [-0.05, 0) is 43.1 Å². The second kappa shape index (κ2) is 6.76. The third-order valence-corrected chi connectivity index (χ3v) is 5.45. The summed E-state index contributed by atoms with van der Waals surface area (Å²) in [7, 11) is 0. The molecule has 1 aromatic rings.